The molecule has 8 nitrogen and oxygen atoms in total. The minimum absolute atomic E-state index is 0.192. The fourth-order valence-corrected chi connectivity index (χ4v) is 2.79. The van der Waals surface area contributed by atoms with Gasteiger partial charge in [-0.25, -0.2) is 0 Å². The van der Waals surface area contributed by atoms with Gasteiger partial charge in [0.1, 0.15) is 17.4 Å². The molecule has 0 aliphatic rings. The number of fused-ring (bicyclic) bond motifs is 1. The molecule has 1 N–H and O–H groups in total. The first-order valence-corrected chi connectivity index (χ1v) is 8.94. The molecule has 0 radical (unpaired) electrons. The number of nitrogens with one attached hydrogen (secondary N) is 1. The number of ether oxygens (including phenoxy) is 1. The third kappa shape index (κ3) is 4.65. The number of hydrogen-bond acceptors (Lipinski definition) is 6. The van der Waals surface area contributed by atoms with Gasteiger partial charge in [-0.05, 0) is 26.0 Å². The van der Waals surface area contributed by atoms with Gasteiger partial charge < -0.3 is 23.9 Å². The first-order chi connectivity index (χ1) is 13.1. The standard InChI is InChI=1S/C19H25N5O3/c1-5-25-13(2)18-22-17(27-23-18)11-21-19(20-3)24(4)12-15-10-14-8-6-7-9-16(14)26-15/h6-10,13H,5,11-12H2,1-4H3,(H,20,21). The molecule has 0 aliphatic carbocycles. The maximum absolute atomic E-state index is 5.87. The van der Waals surface area contributed by atoms with E-state index >= 15 is 0 Å². The number of hydrogen-bond donors (Lipinski definition) is 1. The Morgan fingerprint density at radius 1 is 1.37 bits per heavy atom. The minimum atomic E-state index is -0.192. The van der Waals surface area contributed by atoms with Crippen molar-refractivity contribution in [3.8, 4) is 0 Å². The van der Waals surface area contributed by atoms with Crippen LogP contribution in [-0.2, 0) is 17.8 Å². The van der Waals surface area contributed by atoms with Crippen LogP contribution in [0, 0.1) is 0 Å². The van der Waals surface area contributed by atoms with Gasteiger partial charge in [0.05, 0.1) is 13.1 Å². The zero-order valence-electron chi connectivity index (χ0n) is 16.1. The highest BCUT2D eigenvalue weighted by molar-refractivity contribution is 5.80. The monoisotopic (exact) mass is 371 g/mol. The lowest BCUT2D eigenvalue weighted by molar-refractivity contribution is 0.0683. The number of nitrogens with zero attached hydrogens (tertiary/aromatic N) is 4. The van der Waals surface area contributed by atoms with Gasteiger partial charge in [-0.15, -0.1) is 0 Å². The Balaban J connectivity index is 1.58. The largest absolute Gasteiger partial charge is 0.459 e. The number of aromatic nitrogens is 2. The second-order valence-electron chi connectivity index (χ2n) is 6.15. The highest BCUT2D eigenvalue weighted by Crippen LogP contribution is 2.19. The molecular formula is C19H25N5O3. The number of furan rings is 1. The minimum Gasteiger partial charge on any atom is -0.459 e. The summed E-state index contributed by atoms with van der Waals surface area (Å²) in [5.74, 6) is 2.59. The Morgan fingerprint density at radius 2 is 2.19 bits per heavy atom. The predicted octanol–water partition coefficient (Wildman–Crippen LogP) is 3.12. The molecule has 0 fully saturated rings. The van der Waals surface area contributed by atoms with Crippen molar-refractivity contribution in [3.05, 3.63) is 47.8 Å². The lowest BCUT2D eigenvalue weighted by atomic mass is 10.2. The van der Waals surface area contributed by atoms with Crippen LogP contribution in [0.15, 0.2) is 44.3 Å². The van der Waals surface area contributed by atoms with Crippen LogP contribution >= 0.6 is 0 Å². The van der Waals surface area contributed by atoms with E-state index in [0.717, 1.165) is 16.7 Å². The molecule has 0 aliphatic heterocycles. The fraction of sp³-hybridized carbons (Fsp3) is 0.421. The first kappa shape index (κ1) is 18.9. The van der Waals surface area contributed by atoms with Crippen molar-refractivity contribution in [3.63, 3.8) is 0 Å². The van der Waals surface area contributed by atoms with Gasteiger partial charge in [0, 0.05) is 26.1 Å². The molecular weight excluding hydrogens is 346 g/mol. The summed E-state index contributed by atoms with van der Waals surface area (Å²) in [4.78, 5) is 10.6. The van der Waals surface area contributed by atoms with Crippen LogP contribution in [0.4, 0.5) is 0 Å². The molecule has 1 atom stereocenters. The topological polar surface area (TPSA) is 88.9 Å². The van der Waals surface area contributed by atoms with Crippen molar-refractivity contribution < 1.29 is 13.7 Å². The van der Waals surface area contributed by atoms with E-state index in [1.54, 1.807) is 7.05 Å². The van der Waals surface area contributed by atoms with Crippen molar-refractivity contribution >= 4 is 16.9 Å². The summed E-state index contributed by atoms with van der Waals surface area (Å²) in [6.45, 7) is 5.39. The Kier molecular flexibility index (Phi) is 6.08. The lowest BCUT2D eigenvalue weighted by Crippen LogP contribution is -2.38. The molecule has 1 unspecified atom stereocenters. The zero-order chi connectivity index (χ0) is 19.2. The van der Waals surface area contributed by atoms with Crippen LogP contribution in [0.2, 0.25) is 0 Å². The Bertz CT molecular complexity index is 869. The Hall–Kier alpha value is -2.87. The van der Waals surface area contributed by atoms with Crippen molar-refractivity contribution in [2.45, 2.75) is 33.0 Å². The summed E-state index contributed by atoms with van der Waals surface area (Å²) in [5.41, 5.74) is 0.880. The third-order valence-corrected chi connectivity index (χ3v) is 4.10. The number of para-hydroxylation sites is 1. The number of rotatable bonds is 7. The molecule has 0 amide bonds. The van der Waals surface area contributed by atoms with Gasteiger partial charge in [0.2, 0.25) is 5.89 Å². The molecule has 2 aromatic heterocycles. The molecule has 8 heteroatoms. The van der Waals surface area contributed by atoms with E-state index in [9.17, 15) is 0 Å². The SMILES string of the molecule is CCOC(C)c1noc(CNC(=NC)N(C)Cc2cc3ccccc3o2)n1. The Morgan fingerprint density at radius 3 is 2.93 bits per heavy atom. The summed E-state index contributed by atoms with van der Waals surface area (Å²) in [5, 5.41) is 8.27. The number of benzene rings is 1. The highest BCUT2D eigenvalue weighted by Gasteiger charge is 2.15. The van der Waals surface area contributed by atoms with Gasteiger partial charge in [0.15, 0.2) is 11.8 Å². The van der Waals surface area contributed by atoms with Crippen molar-refractivity contribution in [1.29, 1.82) is 0 Å². The molecule has 2 heterocycles. The molecule has 27 heavy (non-hydrogen) atoms. The normalized spacial score (nSPS) is 13.1. The molecule has 0 saturated carbocycles. The third-order valence-electron chi connectivity index (χ3n) is 4.10. The second-order valence-corrected chi connectivity index (χ2v) is 6.15. The summed E-state index contributed by atoms with van der Waals surface area (Å²) in [7, 11) is 3.67. The molecule has 0 bridgehead atoms. The van der Waals surface area contributed by atoms with Crippen LogP contribution in [0.1, 0.15) is 37.4 Å². The highest BCUT2D eigenvalue weighted by atomic mass is 16.5. The van der Waals surface area contributed by atoms with Crippen molar-refractivity contribution in [2.75, 3.05) is 20.7 Å². The first-order valence-electron chi connectivity index (χ1n) is 8.94. The van der Waals surface area contributed by atoms with Crippen LogP contribution < -0.4 is 5.32 Å². The summed E-state index contributed by atoms with van der Waals surface area (Å²) in [6.07, 6.45) is -0.192. The van der Waals surface area contributed by atoms with E-state index in [1.165, 1.54) is 0 Å². The molecule has 1 aromatic carbocycles. The van der Waals surface area contributed by atoms with E-state index in [1.807, 2.05) is 56.1 Å². The Labute approximate surface area is 158 Å². The zero-order valence-corrected chi connectivity index (χ0v) is 16.1. The lowest BCUT2D eigenvalue weighted by Gasteiger charge is -2.20. The smallest absolute Gasteiger partial charge is 0.246 e. The van der Waals surface area contributed by atoms with E-state index in [4.69, 9.17) is 13.7 Å². The average Bonchev–Trinajstić information content (AvgIpc) is 3.28. The van der Waals surface area contributed by atoms with Crippen LogP contribution in [0.25, 0.3) is 11.0 Å². The van der Waals surface area contributed by atoms with E-state index < -0.39 is 0 Å². The van der Waals surface area contributed by atoms with Gasteiger partial charge in [-0.2, -0.15) is 4.98 Å². The summed E-state index contributed by atoms with van der Waals surface area (Å²) in [6, 6.07) is 9.99. The van der Waals surface area contributed by atoms with E-state index in [-0.39, 0.29) is 6.10 Å². The molecule has 0 saturated heterocycles. The number of aliphatic imine (C=N–C) groups is 1. The molecule has 144 valence electrons. The van der Waals surface area contributed by atoms with Crippen molar-refractivity contribution in [2.24, 2.45) is 4.99 Å². The van der Waals surface area contributed by atoms with Gasteiger partial charge in [0.25, 0.3) is 0 Å². The van der Waals surface area contributed by atoms with Gasteiger partial charge >= 0.3 is 0 Å². The predicted molar refractivity (Wildman–Crippen MR) is 102 cm³/mol. The van der Waals surface area contributed by atoms with Crippen molar-refractivity contribution in [1.82, 2.24) is 20.4 Å². The second kappa shape index (κ2) is 8.68. The van der Waals surface area contributed by atoms with Crippen LogP contribution in [-0.4, -0.2) is 41.7 Å². The van der Waals surface area contributed by atoms with Crippen LogP contribution in [0.5, 0.6) is 0 Å². The maximum atomic E-state index is 5.87. The fourth-order valence-electron chi connectivity index (χ4n) is 2.79. The quantitative estimate of drug-likeness (QED) is 0.504. The summed E-state index contributed by atoms with van der Waals surface area (Å²) < 4.78 is 16.6. The van der Waals surface area contributed by atoms with E-state index in [2.05, 4.69) is 20.4 Å². The van der Waals surface area contributed by atoms with Gasteiger partial charge in [-0.3, -0.25) is 4.99 Å². The number of guanidine groups is 1. The van der Waals surface area contributed by atoms with E-state index in [0.29, 0.717) is 37.4 Å². The molecule has 0 spiro atoms. The molecule has 3 aromatic rings. The average molecular weight is 371 g/mol. The van der Waals surface area contributed by atoms with Crippen LogP contribution in [0.3, 0.4) is 0 Å². The molecule has 3 rings (SSSR count). The van der Waals surface area contributed by atoms with Gasteiger partial charge in [-0.1, -0.05) is 23.4 Å². The summed E-state index contributed by atoms with van der Waals surface area (Å²) >= 11 is 0. The maximum Gasteiger partial charge on any atom is 0.246 e.